The first-order valence-corrected chi connectivity index (χ1v) is 10.2. The van der Waals surface area contributed by atoms with Crippen LogP contribution in [0.5, 0.6) is 23.0 Å². The lowest BCUT2D eigenvalue weighted by atomic mass is 9.98. The summed E-state index contributed by atoms with van der Waals surface area (Å²) in [5.41, 5.74) is 6.52. The average Bonchev–Trinajstić information content (AvgIpc) is 2.79. The van der Waals surface area contributed by atoms with Crippen molar-refractivity contribution < 1.29 is 28.5 Å². The summed E-state index contributed by atoms with van der Waals surface area (Å²) < 4.78 is 31.5. The number of likely N-dealkylation sites (tertiary alicyclic amines) is 1. The van der Waals surface area contributed by atoms with Crippen LogP contribution in [0, 0.1) is 11.7 Å². The van der Waals surface area contributed by atoms with Gasteiger partial charge in [-0.15, -0.1) is 0 Å². The molecule has 0 radical (unpaired) electrons. The van der Waals surface area contributed by atoms with E-state index in [-0.39, 0.29) is 11.7 Å². The molecule has 8 nitrogen and oxygen atoms in total. The summed E-state index contributed by atoms with van der Waals surface area (Å²) in [6.45, 7) is 1.45. The van der Waals surface area contributed by atoms with Crippen molar-refractivity contribution in [2.75, 3.05) is 32.5 Å². The quantitative estimate of drug-likeness (QED) is 0.541. The monoisotopic (exact) mass is 441 g/mol. The molecule has 1 saturated heterocycles. The number of halogens is 1. The van der Waals surface area contributed by atoms with Crippen molar-refractivity contribution in [1.82, 2.24) is 9.88 Å². The molecule has 0 atom stereocenters. The highest BCUT2D eigenvalue weighted by Gasteiger charge is 2.23. The summed E-state index contributed by atoms with van der Waals surface area (Å²) in [6.07, 6.45) is 2.17. The Labute approximate surface area is 184 Å². The fourth-order valence-corrected chi connectivity index (χ4v) is 3.71. The molecule has 1 fully saturated rings. The number of pyridine rings is 1. The second-order valence-corrected chi connectivity index (χ2v) is 7.65. The van der Waals surface area contributed by atoms with Gasteiger partial charge in [-0.05, 0) is 43.0 Å². The van der Waals surface area contributed by atoms with Gasteiger partial charge in [0.2, 0.25) is 0 Å². The number of benzene rings is 2. The molecule has 2 aromatic carbocycles. The van der Waals surface area contributed by atoms with E-state index in [9.17, 15) is 9.18 Å². The number of carbonyl (C=O) groups is 1. The molecule has 32 heavy (non-hydrogen) atoms. The molecule has 2 heterocycles. The molecular weight excluding hydrogens is 417 g/mol. The Morgan fingerprint density at radius 3 is 2.62 bits per heavy atom. The normalized spacial score (nSPS) is 14.4. The highest BCUT2D eigenvalue weighted by molar-refractivity contribution is 5.88. The standard InChI is InChI=1S/C23H24FN3O5/c1-30-21-11-16-18(12-22(21)31-13-14-5-8-27(9-6-14)23(28)29)26-7-4-19(16)32-20-3-2-15(25)10-17(20)24/h2-4,7,10-12,14H,5-6,8-9,13,25H2,1H3,(H,28,29). The maximum absolute atomic E-state index is 14.2. The van der Waals surface area contributed by atoms with Crippen LogP contribution in [0.1, 0.15) is 12.8 Å². The number of amides is 1. The van der Waals surface area contributed by atoms with E-state index >= 15 is 0 Å². The predicted molar refractivity (Wildman–Crippen MR) is 117 cm³/mol. The van der Waals surface area contributed by atoms with Gasteiger partial charge in [0, 0.05) is 42.5 Å². The van der Waals surface area contributed by atoms with E-state index in [1.807, 2.05) is 0 Å². The van der Waals surface area contributed by atoms with Crippen LogP contribution in [0.3, 0.4) is 0 Å². The maximum Gasteiger partial charge on any atom is 0.407 e. The minimum Gasteiger partial charge on any atom is -0.493 e. The number of nitrogen functional groups attached to an aromatic ring is 1. The molecule has 3 N–H and O–H groups in total. The average molecular weight is 441 g/mol. The van der Waals surface area contributed by atoms with E-state index in [0.717, 1.165) is 12.8 Å². The second kappa shape index (κ2) is 9.17. The van der Waals surface area contributed by atoms with Gasteiger partial charge in [-0.25, -0.2) is 9.18 Å². The largest absolute Gasteiger partial charge is 0.493 e. The summed E-state index contributed by atoms with van der Waals surface area (Å²) in [5.74, 6) is 1.20. The molecule has 1 aliphatic heterocycles. The molecule has 0 bridgehead atoms. The van der Waals surface area contributed by atoms with E-state index in [1.165, 1.54) is 24.1 Å². The highest BCUT2D eigenvalue weighted by Crippen LogP contribution is 2.38. The minimum absolute atomic E-state index is 0.0543. The van der Waals surface area contributed by atoms with Crippen LogP contribution >= 0.6 is 0 Å². The van der Waals surface area contributed by atoms with Gasteiger partial charge in [0.05, 0.1) is 19.2 Å². The summed E-state index contributed by atoms with van der Waals surface area (Å²) in [4.78, 5) is 16.9. The third-order valence-corrected chi connectivity index (χ3v) is 5.52. The Morgan fingerprint density at radius 2 is 1.94 bits per heavy atom. The lowest BCUT2D eigenvalue weighted by Crippen LogP contribution is -2.38. The fourth-order valence-electron chi connectivity index (χ4n) is 3.71. The SMILES string of the molecule is COc1cc2c(Oc3ccc(N)cc3F)ccnc2cc1OCC1CCN(C(=O)O)CC1. The zero-order chi connectivity index (χ0) is 22.7. The molecule has 0 aliphatic carbocycles. The first-order chi connectivity index (χ1) is 15.4. The van der Waals surface area contributed by atoms with Gasteiger partial charge in [0.15, 0.2) is 23.1 Å². The first-order valence-electron chi connectivity index (χ1n) is 10.2. The topological polar surface area (TPSA) is 107 Å². The van der Waals surface area contributed by atoms with Gasteiger partial charge >= 0.3 is 6.09 Å². The van der Waals surface area contributed by atoms with Crippen LogP contribution in [-0.4, -0.2) is 47.9 Å². The molecule has 0 unspecified atom stereocenters. The van der Waals surface area contributed by atoms with Gasteiger partial charge in [-0.3, -0.25) is 4.98 Å². The number of fused-ring (bicyclic) bond motifs is 1. The molecule has 1 aromatic heterocycles. The van der Waals surface area contributed by atoms with Crippen molar-refractivity contribution in [3.63, 3.8) is 0 Å². The number of piperidine rings is 1. The smallest absolute Gasteiger partial charge is 0.407 e. The van der Waals surface area contributed by atoms with Crippen LogP contribution in [0.25, 0.3) is 10.9 Å². The Kier molecular flexibility index (Phi) is 6.16. The molecule has 0 saturated carbocycles. The van der Waals surface area contributed by atoms with Crippen LogP contribution in [0.4, 0.5) is 14.9 Å². The third-order valence-electron chi connectivity index (χ3n) is 5.52. The van der Waals surface area contributed by atoms with Crippen LogP contribution in [-0.2, 0) is 0 Å². The lowest BCUT2D eigenvalue weighted by Gasteiger charge is -2.29. The van der Waals surface area contributed by atoms with Gasteiger partial charge in [0.25, 0.3) is 0 Å². The number of methoxy groups -OCH3 is 1. The molecule has 0 spiro atoms. The van der Waals surface area contributed by atoms with Crippen molar-refractivity contribution >= 4 is 22.7 Å². The Balaban J connectivity index is 1.53. The number of aromatic nitrogens is 1. The zero-order valence-corrected chi connectivity index (χ0v) is 17.6. The number of nitrogens with two attached hydrogens (primary N) is 1. The number of anilines is 1. The highest BCUT2D eigenvalue weighted by atomic mass is 19.1. The summed E-state index contributed by atoms with van der Waals surface area (Å²) >= 11 is 0. The minimum atomic E-state index is -0.886. The van der Waals surface area contributed by atoms with E-state index in [1.54, 1.807) is 30.5 Å². The molecule has 3 aromatic rings. The summed E-state index contributed by atoms with van der Waals surface area (Å²) in [6, 6.07) is 9.39. The fraction of sp³-hybridized carbons (Fsp3) is 0.304. The van der Waals surface area contributed by atoms with Crippen LogP contribution < -0.4 is 19.9 Å². The van der Waals surface area contributed by atoms with E-state index in [0.29, 0.717) is 53.5 Å². The van der Waals surface area contributed by atoms with Crippen LogP contribution in [0.15, 0.2) is 42.6 Å². The number of hydrogen-bond donors (Lipinski definition) is 2. The van der Waals surface area contributed by atoms with E-state index in [4.69, 9.17) is 25.1 Å². The van der Waals surface area contributed by atoms with Gasteiger partial charge in [-0.2, -0.15) is 0 Å². The third kappa shape index (κ3) is 4.61. The van der Waals surface area contributed by atoms with E-state index < -0.39 is 11.9 Å². The molecular formula is C23H24FN3O5. The lowest BCUT2D eigenvalue weighted by molar-refractivity contribution is 0.111. The van der Waals surface area contributed by atoms with Crippen molar-refractivity contribution in [2.45, 2.75) is 12.8 Å². The number of nitrogens with zero attached hydrogens (tertiary/aromatic N) is 2. The maximum atomic E-state index is 14.2. The Morgan fingerprint density at radius 1 is 1.16 bits per heavy atom. The molecule has 4 rings (SSSR count). The Hall–Kier alpha value is -3.75. The van der Waals surface area contributed by atoms with Crippen molar-refractivity contribution in [2.24, 2.45) is 5.92 Å². The predicted octanol–water partition coefficient (Wildman–Crippen LogP) is 4.53. The number of rotatable bonds is 6. The van der Waals surface area contributed by atoms with Crippen molar-refractivity contribution in [3.05, 3.63) is 48.4 Å². The van der Waals surface area contributed by atoms with Gasteiger partial charge in [0.1, 0.15) is 5.75 Å². The Bertz CT molecular complexity index is 1130. The number of ether oxygens (including phenoxy) is 3. The molecule has 9 heteroatoms. The number of hydrogen-bond acceptors (Lipinski definition) is 6. The first kappa shape index (κ1) is 21.5. The van der Waals surface area contributed by atoms with Crippen molar-refractivity contribution in [1.29, 1.82) is 0 Å². The molecule has 1 amide bonds. The van der Waals surface area contributed by atoms with E-state index in [2.05, 4.69) is 4.98 Å². The van der Waals surface area contributed by atoms with Crippen molar-refractivity contribution in [3.8, 4) is 23.0 Å². The summed E-state index contributed by atoms with van der Waals surface area (Å²) in [5, 5.41) is 9.72. The van der Waals surface area contributed by atoms with Crippen LogP contribution in [0.2, 0.25) is 0 Å². The van der Waals surface area contributed by atoms with Gasteiger partial charge in [-0.1, -0.05) is 0 Å². The second-order valence-electron chi connectivity index (χ2n) is 7.65. The van der Waals surface area contributed by atoms with Gasteiger partial charge < -0.3 is 30.0 Å². The number of carboxylic acid groups (broad SMARTS) is 1. The summed E-state index contributed by atoms with van der Waals surface area (Å²) in [7, 11) is 1.54. The zero-order valence-electron chi connectivity index (χ0n) is 17.6. The molecule has 1 aliphatic rings. The molecule has 168 valence electrons.